The highest BCUT2D eigenvalue weighted by Gasteiger charge is 2.17. The Balaban J connectivity index is 1.60. The number of carbonyl (C=O) groups excluding carboxylic acids is 1. The first-order chi connectivity index (χ1) is 14.2. The third kappa shape index (κ3) is 5.48. The van der Waals surface area contributed by atoms with Crippen molar-refractivity contribution in [3.05, 3.63) is 71.9 Å². The van der Waals surface area contributed by atoms with Gasteiger partial charge >= 0.3 is 0 Å². The van der Waals surface area contributed by atoms with Crippen LogP contribution in [0.5, 0.6) is 0 Å². The summed E-state index contributed by atoms with van der Waals surface area (Å²) in [6.45, 7) is 2.39. The number of amides is 1. The van der Waals surface area contributed by atoms with Gasteiger partial charge in [0.2, 0.25) is 5.91 Å². The summed E-state index contributed by atoms with van der Waals surface area (Å²) in [5.41, 5.74) is 3.13. The lowest BCUT2D eigenvalue weighted by Gasteiger charge is -2.13. The maximum Gasteiger partial charge on any atom is 0.226 e. The van der Waals surface area contributed by atoms with E-state index in [2.05, 4.69) is 10.4 Å². The van der Waals surface area contributed by atoms with Crippen LogP contribution in [0.25, 0.3) is 0 Å². The molecule has 7 nitrogen and oxygen atoms in total. The molecule has 3 aromatic rings. The highest BCUT2D eigenvalue weighted by atomic mass is 32.2. The SMILES string of the molecule is Cc1ccc(S(=O)(=O)CCC(=O)Nc2ccnn2Cc2ccc(N(C)C)cc2)cc1. The first-order valence-corrected chi connectivity index (χ1v) is 11.3. The zero-order chi connectivity index (χ0) is 21.7. The van der Waals surface area contributed by atoms with Crippen LogP contribution in [0, 0.1) is 6.92 Å². The number of aryl methyl sites for hydroxylation is 1. The van der Waals surface area contributed by atoms with Gasteiger partial charge in [-0.1, -0.05) is 29.8 Å². The molecule has 0 aliphatic rings. The molecule has 1 amide bonds. The molecule has 0 aliphatic carbocycles. The van der Waals surface area contributed by atoms with E-state index in [1.165, 1.54) is 0 Å². The van der Waals surface area contributed by atoms with Gasteiger partial charge in [0.05, 0.1) is 23.4 Å². The second-order valence-electron chi connectivity index (χ2n) is 7.37. The van der Waals surface area contributed by atoms with Crippen molar-refractivity contribution in [3.8, 4) is 0 Å². The molecule has 0 unspecified atom stereocenters. The van der Waals surface area contributed by atoms with Gasteiger partial charge in [-0.05, 0) is 36.8 Å². The van der Waals surface area contributed by atoms with Crippen LogP contribution in [0.2, 0.25) is 0 Å². The van der Waals surface area contributed by atoms with Crippen molar-refractivity contribution in [3.63, 3.8) is 0 Å². The molecule has 0 saturated carbocycles. The summed E-state index contributed by atoms with van der Waals surface area (Å²) in [6.07, 6.45) is 1.48. The largest absolute Gasteiger partial charge is 0.378 e. The number of benzene rings is 2. The molecule has 0 atom stereocenters. The molecule has 0 bridgehead atoms. The van der Waals surface area contributed by atoms with Crippen LogP contribution in [0.3, 0.4) is 0 Å². The summed E-state index contributed by atoms with van der Waals surface area (Å²) < 4.78 is 26.5. The van der Waals surface area contributed by atoms with E-state index in [4.69, 9.17) is 0 Å². The predicted molar refractivity (Wildman–Crippen MR) is 119 cm³/mol. The van der Waals surface area contributed by atoms with E-state index in [-0.39, 0.29) is 23.0 Å². The van der Waals surface area contributed by atoms with Gasteiger partial charge in [-0.3, -0.25) is 4.79 Å². The van der Waals surface area contributed by atoms with Crippen molar-refractivity contribution in [2.24, 2.45) is 0 Å². The Hall–Kier alpha value is -3.13. The predicted octanol–water partition coefficient (Wildman–Crippen LogP) is 3.11. The summed E-state index contributed by atoms with van der Waals surface area (Å²) in [5.74, 6) is -0.0815. The van der Waals surface area contributed by atoms with E-state index < -0.39 is 9.84 Å². The molecule has 1 N–H and O–H groups in total. The average Bonchev–Trinajstić information content (AvgIpc) is 3.14. The van der Waals surface area contributed by atoms with Gasteiger partial charge in [0.1, 0.15) is 5.82 Å². The summed E-state index contributed by atoms with van der Waals surface area (Å²) in [7, 11) is 0.455. The summed E-state index contributed by atoms with van der Waals surface area (Å²) in [5, 5.41) is 7.02. The molecule has 0 aliphatic heterocycles. The fourth-order valence-electron chi connectivity index (χ4n) is 2.93. The first kappa shape index (κ1) is 21.6. The Labute approximate surface area is 177 Å². The van der Waals surface area contributed by atoms with Crippen LogP contribution in [0.15, 0.2) is 65.7 Å². The molecule has 1 aromatic heterocycles. The van der Waals surface area contributed by atoms with Gasteiger partial charge in [-0.15, -0.1) is 0 Å². The molecule has 3 rings (SSSR count). The van der Waals surface area contributed by atoms with Gasteiger partial charge in [0, 0.05) is 32.3 Å². The zero-order valence-corrected chi connectivity index (χ0v) is 18.2. The van der Waals surface area contributed by atoms with Crippen LogP contribution in [0.1, 0.15) is 17.5 Å². The number of aromatic nitrogens is 2. The van der Waals surface area contributed by atoms with E-state index >= 15 is 0 Å². The lowest BCUT2D eigenvalue weighted by Crippen LogP contribution is -2.19. The Morgan fingerprint density at radius 2 is 1.70 bits per heavy atom. The molecular formula is C22H26N4O3S. The smallest absolute Gasteiger partial charge is 0.226 e. The van der Waals surface area contributed by atoms with Gasteiger partial charge in [-0.2, -0.15) is 5.10 Å². The lowest BCUT2D eigenvalue weighted by molar-refractivity contribution is -0.115. The lowest BCUT2D eigenvalue weighted by atomic mass is 10.2. The van der Waals surface area contributed by atoms with Gasteiger partial charge in [0.25, 0.3) is 0 Å². The maximum atomic E-state index is 12.4. The Bertz CT molecular complexity index is 1100. The summed E-state index contributed by atoms with van der Waals surface area (Å²) in [4.78, 5) is 14.6. The van der Waals surface area contributed by atoms with Crippen LogP contribution < -0.4 is 10.2 Å². The number of sulfone groups is 1. The number of nitrogens with one attached hydrogen (secondary N) is 1. The van der Waals surface area contributed by atoms with E-state index in [1.807, 2.05) is 50.2 Å². The third-order valence-corrected chi connectivity index (χ3v) is 6.48. The van der Waals surface area contributed by atoms with Crippen LogP contribution in [-0.2, 0) is 21.2 Å². The molecule has 158 valence electrons. The first-order valence-electron chi connectivity index (χ1n) is 9.62. The average molecular weight is 427 g/mol. The van der Waals surface area contributed by atoms with Crippen molar-refractivity contribution >= 4 is 27.2 Å². The Morgan fingerprint density at radius 3 is 2.33 bits per heavy atom. The van der Waals surface area contributed by atoms with Gasteiger partial charge in [-0.25, -0.2) is 13.1 Å². The van der Waals surface area contributed by atoms with E-state index in [9.17, 15) is 13.2 Å². The third-order valence-electron chi connectivity index (χ3n) is 4.75. The molecule has 1 heterocycles. The number of carbonyl (C=O) groups is 1. The monoisotopic (exact) mass is 426 g/mol. The second-order valence-corrected chi connectivity index (χ2v) is 9.47. The molecule has 0 fully saturated rings. The van der Waals surface area contributed by atoms with E-state index in [1.54, 1.807) is 41.2 Å². The quantitative estimate of drug-likeness (QED) is 0.598. The van der Waals surface area contributed by atoms with E-state index in [0.29, 0.717) is 12.4 Å². The molecule has 0 radical (unpaired) electrons. The number of hydrogen-bond donors (Lipinski definition) is 1. The minimum atomic E-state index is -3.51. The van der Waals surface area contributed by atoms with Gasteiger partial charge in [0.15, 0.2) is 9.84 Å². The van der Waals surface area contributed by atoms with Crippen molar-refractivity contribution in [1.82, 2.24) is 9.78 Å². The topological polar surface area (TPSA) is 84.3 Å². The summed E-state index contributed by atoms with van der Waals surface area (Å²) >= 11 is 0. The van der Waals surface area contributed by atoms with E-state index in [0.717, 1.165) is 16.8 Å². The van der Waals surface area contributed by atoms with Gasteiger partial charge < -0.3 is 10.2 Å². The summed E-state index contributed by atoms with van der Waals surface area (Å²) in [6, 6.07) is 16.4. The molecule has 8 heteroatoms. The minimum Gasteiger partial charge on any atom is -0.378 e. The Kier molecular flexibility index (Phi) is 6.56. The molecule has 30 heavy (non-hydrogen) atoms. The fraction of sp³-hybridized carbons (Fsp3) is 0.273. The highest BCUT2D eigenvalue weighted by molar-refractivity contribution is 7.91. The number of rotatable bonds is 8. The standard InChI is InChI=1S/C22H26N4O3S/c1-17-4-10-20(11-5-17)30(28,29)15-13-22(27)24-21-12-14-23-26(21)16-18-6-8-19(9-7-18)25(2)3/h4-12,14H,13,15-16H2,1-3H3,(H,24,27). The molecule has 0 saturated heterocycles. The zero-order valence-electron chi connectivity index (χ0n) is 17.4. The van der Waals surface area contributed by atoms with Crippen molar-refractivity contribution in [1.29, 1.82) is 0 Å². The molecule has 0 spiro atoms. The minimum absolute atomic E-state index is 0.126. The van der Waals surface area contributed by atoms with Crippen LogP contribution in [0.4, 0.5) is 11.5 Å². The number of nitrogens with zero attached hydrogens (tertiary/aromatic N) is 3. The highest BCUT2D eigenvalue weighted by Crippen LogP contribution is 2.16. The van der Waals surface area contributed by atoms with Crippen LogP contribution >= 0.6 is 0 Å². The molecular weight excluding hydrogens is 400 g/mol. The Morgan fingerprint density at radius 1 is 1.03 bits per heavy atom. The van der Waals surface area contributed by atoms with Crippen LogP contribution in [-0.4, -0.2) is 44.0 Å². The van der Waals surface area contributed by atoms with Crippen molar-refractivity contribution in [2.75, 3.05) is 30.1 Å². The number of anilines is 2. The second kappa shape index (κ2) is 9.13. The van der Waals surface area contributed by atoms with Crippen molar-refractivity contribution < 1.29 is 13.2 Å². The molecule has 2 aromatic carbocycles. The maximum absolute atomic E-state index is 12.4. The number of hydrogen-bond acceptors (Lipinski definition) is 5. The normalized spacial score (nSPS) is 11.3. The fourth-order valence-corrected chi connectivity index (χ4v) is 4.17. The van der Waals surface area contributed by atoms with Crippen molar-refractivity contribution in [2.45, 2.75) is 24.8 Å².